The van der Waals surface area contributed by atoms with Crippen molar-refractivity contribution in [3.8, 4) is 0 Å². The maximum absolute atomic E-state index is 14.2. The summed E-state index contributed by atoms with van der Waals surface area (Å²) in [6.07, 6.45) is 0. The van der Waals surface area contributed by atoms with Gasteiger partial charge in [-0.1, -0.05) is 22.0 Å². The normalized spacial score (nSPS) is 11.0. The van der Waals surface area contributed by atoms with Crippen molar-refractivity contribution in [2.24, 2.45) is 0 Å². The molecule has 3 rings (SSSR count). The highest BCUT2D eigenvalue weighted by atomic mass is 79.9. The number of nitrogens with one attached hydrogen (secondary N) is 1. The number of carbonyl (C=O) groups is 1. The minimum Gasteiger partial charge on any atom is -0.380 e. The van der Waals surface area contributed by atoms with Gasteiger partial charge in [0, 0.05) is 33.8 Å². The van der Waals surface area contributed by atoms with E-state index in [1.165, 1.54) is 36.6 Å². The molecule has 0 saturated carbocycles. The molecular weight excluding hydrogens is 412 g/mol. The topological polar surface area (TPSA) is 38.3 Å². The number of methoxy groups -OCH3 is 1. The molecule has 0 bridgehead atoms. The summed E-state index contributed by atoms with van der Waals surface area (Å²) in [5.74, 6) is -1.10. The van der Waals surface area contributed by atoms with E-state index in [2.05, 4.69) is 21.2 Å². The molecule has 25 heavy (non-hydrogen) atoms. The maximum Gasteiger partial charge on any atom is 0.262 e. The molecule has 0 spiro atoms. The summed E-state index contributed by atoms with van der Waals surface area (Å²) in [6.45, 7) is 0.285. The van der Waals surface area contributed by atoms with Crippen LogP contribution in [0.1, 0.15) is 20.8 Å². The number of amides is 1. The van der Waals surface area contributed by atoms with Crippen LogP contribution in [0.15, 0.2) is 40.9 Å². The summed E-state index contributed by atoms with van der Waals surface area (Å²) in [7, 11) is 1.50. The van der Waals surface area contributed by atoms with Gasteiger partial charge in [0.2, 0.25) is 0 Å². The summed E-state index contributed by atoms with van der Waals surface area (Å²) in [5.41, 5.74) is 1.14. The molecular formula is C18H14BrF2NO2S. The van der Waals surface area contributed by atoms with E-state index in [9.17, 15) is 13.6 Å². The minimum atomic E-state index is -0.382. The second kappa shape index (κ2) is 7.59. The standard InChI is InChI=1S/C18H14BrF2NO2S/c1-24-9-12-16-14(21)3-2-4-15(16)25-17(12)18(23)22-8-10-7-11(20)5-6-13(10)19/h2-7H,8-9H2,1H3,(H,22,23). The molecule has 1 amide bonds. The van der Waals surface area contributed by atoms with Gasteiger partial charge in [0.15, 0.2) is 0 Å². The molecule has 0 unspecified atom stereocenters. The number of ether oxygens (including phenoxy) is 1. The number of benzene rings is 2. The average Bonchev–Trinajstić information content (AvgIpc) is 2.96. The Morgan fingerprint density at radius 3 is 2.84 bits per heavy atom. The first kappa shape index (κ1) is 18.0. The third-order valence-electron chi connectivity index (χ3n) is 3.71. The largest absolute Gasteiger partial charge is 0.380 e. The predicted octanol–water partition coefficient (Wildman–Crippen LogP) is 5.02. The van der Waals surface area contributed by atoms with E-state index >= 15 is 0 Å². The van der Waals surface area contributed by atoms with Gasteiger partial charge < -0.3 is 10.1 Å². The fourth-order valence-electron chi connectivity index (χ4n) is 2.57. The van der Waals surface area contributed by atoms with Crippen LogP contribution in [0.2, 0.25) is 0 Å². The van der Waals surface area contributed by atoms with E-state index < -0.39 is 0 Å². The van der Waals surface area contributed by atoms with Crippen molar-refractivity contribution in [3.05, 3.63) is 68.5 Å². The first-order valence-corrected chi connectivity index (χ1v) is 9.03. The Morgan fingerprint density at radius 1 is 1.28 bits per heavy atom. The van der Waals surface area contributed by atoms with Crippen LogP contribution >= 0.6 is 27.3 Å². The number of halogens is 3. The number of rotatable bonds is 5. The molecule has 0 fully saturated rings. The molecule has 0 aliphatic rings. The van der Waals surface area contributed by atoms with Gasteiger partial charge in [0.05, 0.1) is 11.5 Å². The maximum atomic E-state index is 14.2. The fraction of sp³-hybridized carbons (Fsp3) is 0.167. The van der Waals surface area contributed by atoms with E-state index in [1.54, 1.807) is 18.2 Å². The molecule has 0 aliphatic carbocycles. The molecule has 1 aromatic heterocycles. The first-order chi connectivity index (χ1) is 12.0. The quantitative estimate of drug-likeness (QED) is 0.623. The van der Waals surface area contributed by atoms with Crippen LogP contribution in [0, 0.1) is 11.6 Å². The highest BCUT2D eigenvalue weighted by molar-refractivity contribution is 9.10. The number of fused-ring (bicyclic) bond motifs is 1. The zero-order chi connectivity index (χ0) is 18.0. The van der Waals surface area contributed by atoms with Crippen molar-refractivity contribution in [3.63, 3.8) is 0 Å². The third kappa shape index (κ3) is 3.73. The molecule has 7 heteroatoms. The molecule has 0 radical (unpaired) electrons. The summed E-state index contributed by atoms with van der Waals surface area (Å²) >= 11 is 4.54. The van der Waals surface area contributed by atoms with E-state index in [0.717, 1.165) is 0 Å². The number of hydrogen-bond acceptors (Lipinski definition) is 3. The zero-order valence-corrected chi connectivity index (χ0v) is 15.6. The van der Waals surface area contributed by atoms with Gasteiger partial charge in [-0.15, -0.1) is 11.3 Å². The van der Waals surface area contributed by atoms with E-state index in [-0.39, 0.29) is 30.7 Å². The highest BCUT2D eigenvalue weighted by Gasteiger charge is 2.20. The molecule has 130 valence electrons. The minimum absolute atomic E-state index is 0.132. The molecule has 0 aliphatic heterocycles. The highest BCUT2D eigenvalue weighted by Crippen LogP contribution is 2.33. The van der Waals surface area contributed by atoms with Crippen LogP contribution in [0.5, 0.6) is 0 Å². The summed E-state index contributed by atoms with van der Waals surface area (Å²) in [5, 5.41) is 3.17. The Morgan fingerprint density at radius 2 is 2.08 bits per heavy atom. The van der Waals surface area contributed by atoms with Crippen LogP contribution in [-0.4, -0.2) is 13.0 Å². The van der Waals surface area contributed by atoms with Gasteiger partial charge >= 0.3 is 0 Å². The third-order valence-corrected chi connectivity index (χ3v) is 5.67. The van der Waals surface area contributed by atoms with Gasteiger partial charge in [0.1, 0.15) is 11.6 Å². The first-order valence-electron chi connectivity index (χ1n) is 7.42. The Hall–Kier alpha value is -1.83. The van der Waals surface area contributed by atoms with Gasteiger partial charge in [-0.2, -0.15) is 0 Å². The van der Waals surface area contributed by atoms with Crippen LogP contribution < -0.4 is 5.32 Å². The lowest BCUT2D eigenvalue weighted by Crippen LogP contribution is -2.23. The van der Waals surface area contributed by atoms with Crippen LogP contribution in [-0.2, 0) is 17.9 Å². The summed E-state index contributed by atoms with van der Waals surface area (Å²) in [4.78, 5) is 13.0. The Balaban J connectivity index is 1.90. The van der Waals surface area contributed by atoms with Crippen LogP contribution in [0.4, 0.5) is 8.78 Å². The number of carbonyl (C=O) groups excluding carboxylic acids is 1. The van der Waals surface area contributed by atoms with Crippen LogP contribution in [0.3, 0.4) is 0 Å². The Kier molecular flexibility index (Phi) is 5.46. The number of hydrogen-bond donors (Lipinski definition) is 1. The molecule has 1 heterocycles. The molecule has 2 aromatic carbocycles. The lowest BCUT2D eigenvalue weighted by atomic mass is 10.1. The lowest BCUT2D eigenvalue weighted by molar-refractivity contribution is 0.0950. The van der Waals surface area contributed by atoms with Gasteiger partial charge in [-0.3, -0.25) is 4.79 Å². The van der Waals surface area contributed by atoms with E-state index in [1.807, 2.05) is 0 Å². The van der Waals surface area contributed by atoms with Crippen molar-refractivity contribution < 1.29 is 18.3 Å². The lowest BCUT2D eigenvalue weighted by Gasteiger charge is -2.08. The molecule has 1 N–H and O–H groups in total. The van der Waals surface area contributed by atoms with Gasteiger partial charge in [-0.25, -0.2) is 8.78 Å². The number of thiophene rings is 1. The fourth-order valence-corrected chi connectivity index (χ4v) is 4.09. The summed E-state index contributed by atoms with van der Waals surface area (Å²) in [6, 6.07) is 9.01. The van der Waals surface area contributed by atoms with Crippen molar-refractivity contribution >= 4 is 43.3 Å². The second-order valence-corrected chi connectivity index (χ2v) is 7.28. The van der Waals surface area contributed by atoms with E-state index in [0.29, 0.717) is 30.6 Å². The van der Waals surface area contributed by atoms with Crippen molar-refractivity contribution in [1.29, 1.82) is 0 Å². The van der Waals surface area contributed by atoms with Gasteiger partial charge in [0.25, 0.3) is 5.91 Å². The van der Waals surface area contributed by atoms with Crippen molar-refractivity contribution in [2.75, 3.05) is 7.11 Å². The molecule has 0 atom stereocenters. The van der Waals surface area contributed by atoms with Crippen LogP contribution in [0.25, 0.3) is 10.1 Å². The van der Waals surface area contributed by atoms with Crippen molar-refractivity contribution in [1.82, 2.24) is 5.32 Å². The monoisotopic (exact) mass is 425 g/mol. The Bertz CT molecular complexity index is 942. The molecule has 3 nitrogen and oxygen atoms in total. The smallest absolute Gasteiger partial charge is 0.262 e. The van der Waals surface area contributed by atoms with E-state index in [4.69, 9.17) is 4.74 Å². The average molecular weight is 426 g/mol. The van der Waals surface area contributed by atoms with Gasteiger partial charge in [-0.05, 0) is 35.9 Å². The summed E-state index contributed by atoms with van der Waals surface area (Å²) < 4.78 is 34.0. The molecule has 3 aromatic rings. The predicted molar refractivity (Wildman–Crippen MR) is 97.8 cm³/mol. The second-order valence-electron chi connectivity index (χ2n) is 5.37. The molecule has 0 saturated heterocycles. The van der Waals surface area contributed by atoms with Crippen molar-refractivity contribution in [2.45, 2.75) is 13.2 Å². The Labute approximate surface area is 155 Å². The SMILES string of the molecule is COCc1c(C(=O)NCc2cc(F)ccc2Br)sc2cccc(F)c12. The zero-order valence-electron chi connectivity index (χ0n) is 13.2.